The monoisotopic (exact) mass is 321 g/mol. The molecule has 2 rings (SSSR count). The third-order valence-electron chi connectivity index (χ3n) is 4.12. The normalized spacial score (nSPS) is 18.0. The Morgan fingerprint density at radius 2 is 2.22 bits per heavy atom. The molecule has 0 amide bonds. The van der Waals surface area contributed by atoms with Crippen LogP contribution in [0.25, 0.3) is 0 Å². The molecular formula is C17H31N5O. The van der Waals surface area contributed by atoms with Gasteiger partial charge in [0.15, 0.2) is 11.8 Å². The van der Waals surface area contributed by atoms with Crippen molar-refractivity contribution in [3.05, 3.63) is 11.7 Å². The van der Waals surface area contributed by atoms with Gasteiger partial charge in [0, 0.05) is 38.5 Å². The Labute approximate surface area is 139 Å². The van der Waals surface area contributed by atoms with Crippen LogP contribution in [-0.2, 0) is 6.42 Å². The van der Waals surface area contributed by atoms with E-state index in [1.165, 1.54) is 6.42 Å². The summed E-state index contributed by atoms with van der Waals surface area (Å²) in [4.78, 5) is 11.5. The highest BCUT2D eigenvalue weighted by Crippen LogP contribution is 2.28. The molecule has 6 heteroatoms. The summed E-state index contributed by atoms with van der Waals surface area (Å²) in [6.07, 6.45) is 2.93. The average Bonchev–Trinajstić information content (AvgIpc) is 3.09. The van der Waals surface area contributed by atoms with Crippen LogP contribution in [0.5, 0.6) is 0 Å². The molecule has 0 atom stereocenters. The fraction of sp³-hybridized carbons (Fsp3) is 0.824. The van der Waals surface area contributed by atoms with Gasteiger partial charge in [-0.25, -0.2) is 0 Å². The number of nitrogens with zero attached hydrogens (tertiary/aromatic N) is 4. The Kier molecular flexibility index (Phi) is 6.02. The van der Waals surface area contributed by atoms with E-state index in [4.69, 9.17) is 9.52 Å². The molecule has 0 aromatic carbocycles. The molecule has 1 saturated heterocycles. The minimum atomic E-state index is 0.310. The highest BCUT2D eigenvalue weighted by atomic mass is 16.5. The molecule has 1 aliphatic rings. The fourth-order valence-electron chi connectivity index (χ4n) is 2.74. The molecule has 1 aliphatic heterocycles. The molecule has 0 spiro atoms. The van der Waals surface area contributed by atoms with Crippen LogP contribution in [0.1, 0.15) is 65.1 Å². The van der Waals surface area contributed by atoms with E-state index in [-0.39, 0.29) is 0 Å². The molecule has 1 aromatic rings. The van der Waals surface area contributed by atoms with Crippen molar-refractivity contribution in [2.24, 2.45) is 10.4 Å². The van der Waals surface area contributed by atoms with Gasteiger partial charge in [0.05, 0.1) is 0 Å². The average molecular weight is 321 g/mol. The maximum absolute atomic E-state index is 5.27. The third-order valence-corrected chi connectivity index (χ3v) is 4.12. The molecular weight excluding hydrogens is 290 g/mol. The molecule has 0 bridgehead atoms. The van der Waals surface area contributed by atoms with Crippen molar-refractivity contribution in [3.8, 4) is 0 Å². The zero-order valence-corrected chi connectivity index (χ0v) is 15.2. The van der Waals surface area contributed by atoms with Crippen LogP contribution < -0.4 is 5.32 Å². The molecule has 6 nitrogen and oxygen atoms in total. The number of hydrogen-bond donors (Lipinski definition) is 1. The van der Waals surface area contributed by atoms with Crippen molar-refractivity contribution in [1.29, 1.82) is 0 Å². The first kappa shape index (κ1) is 17.8. The SMILES string of the molecule is CCNC(=NCCCc1nc(C(C)C)no1)N1CCC(C)(C)C1. The number of aliphatic imine (C=N–C) groups is 1. The maximum atomic E-state index is 5.27. The Morgan fingerprint density at radius 1 is 1.43 bits per heavy atom. The van der Waals surface area contributed by atoms with E-state index in [0.717, 1.165) is 56.7 Å². The van der Waals surface area contributed by atoms with Crippen molar-refractivity contribution in [2.75, 3.05) is 26.2 Å². The van der Waals surface area contributed by atoms with Crippen LogP contribution in [-0.4, -0.2) is 47.2 Å². The van der Waals surface area contributed by atoms with Gasteiger partial charge < -0.3 is 14.7 Å². The molecule has 0 saturated carbocycles. The Bertz CT molecular complexity index is 521. The van der Waals surface area contributed by atoms with Gasteiger partial charge in [-0.15, -0.1) is 0 Å². The van der Waals surface area contributed by atoms with Crippen molar-refractivity contribution in [1.82, 2.24) is 20.4 Å². The van der Waals surface area contributed by atoms with Crippen molar-refractivity contribution < 1.29 is 4.52 Å². The fourth-order valence-corrected chi connectivity index (χ4v) is 2.74. The summed E-state index contributed by atoms with van der Waals surface area (Å²) < 4.78 is 5.27. The number of likely N-dealkylation sites (tertiary alicyclic amines) is 1. The third kappa shape index (κ3) is 5.22. The number of hydrogen-bond acceptors (Lipinski definition) is 4. The van der Waals surface area contributed by atoms with E-state index in [1.807, 2.05) is 0 Å². The predicted octanol–water partition coefficient (Wildman–Crippen LogP) is 2.82. The molecule has 23 heavy (non-hydrogen) atoms. The van der Waals surface area contributed by atoms with E-state index in [1.54, 1.807) is 0 Å². The molecule has 1 fully saturated rings. The molecule has 1 N–H and O–H groups in total. The minimum absolute atomic E-state index is 0.310. The van der Waals surface area contributed by atoms with Crippen LogP contribution in [0.3, 0.4) is 0 Å². The predicted molar refractivity (Wildman–Crippen MR) is 92.7 cm³/mol. The van der Waals surface area contributed by atoms with E-state index in [2.05, 4.69) is 55.0 Å². The quantitative estimate of drug-likeness (QED) is 0.496. The van der Waals surface area contributed by atoms with Crippen LogP contribution in [0.2, 0.25) is 0 Å². The number of rotatable bonds is 6. The highest BCUT2D eigenvalue weighted by molar-refractivity contribution is 5.80. The highest BCUT2D eigenvalue weighted by Gasteiger charge is 2.30. The van der Waals surface area contributed by atoms with Crippen molar-refractivity contribution >= 4 is 5.96 Å². The van der Waals surface area contributed by atoms with Crippen LogP contribution >= 0.6 is 0 Å². The summed E-state index contributed by atoms with van der Waals surface area (Å²) in [6, 6.07) is 0. The van der Waals surface area contributed by atoms with Gasteiger partial charge in [-0.1, -0.05) is 32.9 Å². The minimum Gasteiger partial charge on any atom is -0.357 e. The van der Waals surface area contributed by atoms with Crippen molar-refractivity contribution in [2.45, 2.75) is 59.8 Å². The lowest BCUT2D eigenvalue weighted by molar-refractivity contribution is 0.367. The maximum Gasteiger partial charge on any atom is 0.226 e. The second-order valence-corrected chi connectivity index (χ2v) is 7.38. The van der Waals surface area contributed by atoms with E-state index in [9.17, 15) is 0 Å². The zero-order chi connectivity index (χ0) is 16.9. The van der Waals surface area contributed by atoms with Crippen LogP contribution in [0, 0.1) is 5.41 Å². The van der Waals surface area contributed by atoms with Gasteiger partial charge in [-0.3, -0.25) is 4.99 Å². The Hall–Kier alpha value is -1.59. The standard InChI is InChI=1S/C17H31N5O/c1-6-18-16(22-11-9-17(4,5)12-22)19-10-7-8-14-20-15(13(2)3)21-23-14/h13H,6-12H2,1-5H3,(H,18,19). The molecule has 130 valence electrons. The lowest BCUT2D eigenvalue weighted by atomic mass is 9.93. The number of guanidine groups is 1. The second kappa shape index (κ2) is 7.79. The molecule has 0 aliphatic carbocycles. The van der Waals surface area contributed by atoms with Crippen molar-refractivity contribution in [3.63, 3.8) is 0 Å². The second-order valence-electron chi connectivity index (χ2n) is 7.38. The first-order chi connectivity index (χ1) is 10.9. The van der Waals surface area contributed by atoms with E-state index in [0.29, 0.717) is 11.3 Å². The van der Waals surface area contributed by atoms with Gasteiger partial charge in [0.25, 0.3) is 0 Å². The summed E-state index contributed by atoms with van der Waals surface area (Å²) in [5.74, 6) is 2.85. The topological polar surface area (TPSA) is 66.5 Å². The number of aromatic nitrogens is 2. The van der Waals surface area contributed by atoms with Crippen LogP contribution in [0.15, 0.2) is 9.52 Å². The zero-order valence-electron chi connectivity index (χ0n) is 15.2. The van der Waals surface area contributed by atoms with Gasteiger partial charge in [0.1, 0.15) is 0 Å². The van der Waals surface area contributed by atoms with Crippen LogP contribution in [0.4, 0.5) is 0 Å². The largest absolute Gasteiger partial charge is 0.357 e. The Morgan fingerprint density at radius 3 is 2.78 bits per heavy atom. The summed E-state index contributed by atoms with van der Waals surface area (Å²) in [7, 11) is 0. The summed E-state index contributed by atoms with van der Waals surface area (Å²) in [5, 5.41) is 7.40. The Balaban J connectivity index is 1.83. The summed E-state index contributed by atoms with van der Waals surface area (Å²) in [5.41, 5.74) is 0.382. The number of aryl methyl sites for hydroxylation is 1. The van der Waals surface area contributed by atoms with E-state index >= 15 is 0 Å². The molecule has 0 unspecified atom stereocenters. The molecule has 1 aromatic heterocycles. The smallest absolute Gasteiger partial charge is 0.226 e. The van der Waals surface area contributed by atoms with Gasteiger partial charge >= 0.3 is 0 Å². The van der Waals surface area contributed by atoms with Gasteiger partial charge in [-0.05, 0) is 25.2 Å². The van der Waals surface area contributed by atoms with Gasteiger partial charge in [0.2, 0.25) is 5.89 Å². The number of nitrogens with one attached hydrogen (secondary N) is 1. The van der Waals surface area contributed by atoms with Gasteiger partial charge in [-0.2, -0.15) is 4.98 Å². The lowest BCUT2D eigenvalue weighted by Crippen LogP contribution is -2.40. The first-order valence-corrected chi connectivity index (χ1v) is 8.77. The first-order valence-electron chi connectivity index (χ1n) is 8.77. The molecule has 2 heterocycles. The summed E-state index contributed by atoms with van der Waals surface area (Å²) >= 11 is 0. The molecule has 0 radical (unpaired) electrons. The van der Waals surface area contributed by atoms with E-state index < -0.39 is 0 Å². The lowest BCUT2D eigenvalue weighted by Gasteiger charge is -2.23. The summed E-state index contributed by atoms with van der Waals surface area (Å²) in [6.45, 7) is 14.7.